The van der Waals surface area contributed by atoms with Crippen molar-refractivity contribution in [2.24, 2.45) is 0 Å². The summed E-state index contributed by atoms with van der Waals surface area (Å²) in [5.41, 5.74) is 0.906. The van der Waals surface area contributed by atoms with E-state index in [1.54, 1.807) is 31.2 Å². The highest BCUT2D eigenvalue weighted by Gasteiger charge is 2.33. The van der Waals surface area contributed by atoms with Gasteiger partial charge in [0.2, 0.25) is 0 Å². The number of hydrogen-bond acceptors (Lipinski definition) is 5. The van der Waals surface area contributed by atoms with Crippen molar-refractivity contribution < 1.29 is 24.5 Å². The number of anilines is 1. The van der Waals surface area contributed by atoms with Gasteiger partial charge >= 0.3 is 11.9 Å². The third-order valence-corrected chi connectivity index (χ3v) is 3.11. The fourth-order valence-electron chi connectivity index (χ4n) is 2.08. The molecule has 1 heterocycles. The molecule has 2 rings (SSSR count). The third-order valence-electron chi connectivity index (χ3n) is 3.11. The fraction of sp³-hybridized carbons (Fsp3) is 0.333. The molecule has 0 saturated carbocycles. The molecule has 1 aliphatic heterocycles. The van der Waals surface area contributed by atoms with E-state index in [-0.39, 0.29) is 24.0 Å². The van der Waals surface area contributed by atoms with E-state index in [0.717, 1.165) is 0 Å². The van der Waals surface area contributed by atoms with Gasteiger partial charge in [-0.3, -0.25) is 4.79 Å². The van der Waals surface area contributed by atoms with Crippen LogP contribution in [0.15, 0.2) is 36.4 Å². The van der Waals surface area contributed by atoms with Crippen molar-refractivity contribution in [3.05, 3.63) is 42.0 Å². The fourth-order valence-corrected chi connectivity index (χ4v) is 2.08. The number of rotatable bonds is 5. The first-order valence-electron chi connectivity index (χ1n) is 6.61. The van der Waals surface area contributed by atoms with Crippen LogP contribution < -0.4 is 5.32 Å². The molecule has 6 heteroatoms. The monoisotopic (exact) mass is 291 g/mol. The van der Waals surface area contributed by atoms with Crippen molar-refractivity contribution in [1.29, 1.82) is 0 Å². The minimum Gasteiger partial charge on any atom is -0.478 e. The minimum atomic E-state index is -0.987. The van der Waals surface area contributed by atoms with Gasteiger partial charge in [0, 0.05) is 5.69 Å². The first-order chi connectivity index (χ1) is 9.95. The molecule has 1 aromatic carbocycles. The molecule has 3 atom stereocenters. The van der Waals surface area contributed by atoms with Gasteiger partial charge in [-0.15, -0.1) is 0 Å². The highest BCUT2D eigenvalue weighted by Crippen LogP contribution is 2.21. The Labute approximate surface area is 122 Å². The molecular weight excluding hydrogens is 274 g/mol. The van der Waals surface area contributed by atoms with Gasteiger partial charge in [-0.1, -0.05) is 6.08 Å². The number of cyclic esters (lactones) is 1. The number of carboxylic acids is 1. The molecule has 0 aromatic heterocycles. The Morgan fingerprint density at radius 3 is 2.67 bits per heavy atom. The van der Waals surface area contributed by atoms with Crippen LogP contribution in [0.4, 0.5) is 5.69 Å². The topological polar surface area (TPSA) is 95.9 Å². The van der Waals surface area contributed by atoms with E-state index in [0.29, 0.717) is 5.69 Å². The molecule has 0 radical (unpaired) electrons. The maximum Gasteiger partial charge on any atom is 0.335 e. The van der Waals surface area contributed by atoms with E-state index in [4.69, 9.17) is 9.84 Å². The Morgan fingerprint density at radius 1 is 1.43 bits per heavy atom. The summed E-state index contributed by atoms with van der Waals surface area (Å²) in [5, 5.41) is 21.2. The van der Waals surface area contributed by atoms with Crippen molar-refractivity contribution in [1.82, 2.24) is 0 Å². The van der Waals surface area contributed by atoms with E-state index >= 15 is 0 Å². The second-order valence-corrected chi connectivity index (χ2v) is 4.92. The molecule has 1 aliphatic rings. The molecule has 0 amide bonds. The van der Waals surface area contributed by atoms with Gasteiger partial charge in [-0.25, -0.2) is 4.79 Å². The van der Waals surface area contributed by atoms with E-state index in [1.807, 2.05) is 0 Å². The zero-order chi connectivity index (χ0) is 15.4. The first kappa shape index (κ1) is 15.1. The van der Waals surface area contributed by atoms with Gasteiger partial charge in [0.25, 0.3) is 0 Å². The molecule has 1 aromatic rings. The second-order valence-electron chi connectivity index (χ2n) is 4.92. The number of carbonyl (C=O) groups excluding carboxylic acids is 1. The largest absolute Gasteiger partial charge is 0.478 e. The lowest BCUT2D eigenvalue weighted by molar-refractivity contribution is -0.140. The lowest BCUT2D eigenvalue weighted by Crippen LogP contribution is -2.27. The summed E-state index contributed by atoms with van der Waals surface area (Å²) in [4.78, 5) is 22.2. The van der Waals surface area contributed by atoms with Gasteiger partial charge in [0.15, 0.2) is 0 Å². The van der Waals surface area contributed by atoms with Crippen LogP contribution in [0, 0.1) is 0 Å². The summed E-state index contributed by atoms with van der Waals surface area (Å²) in [5.74, 6) is -1.30. The van der Waals surface area contributed by atoms with Gasteiger partial charge in [-0.05, 0) is 37.3 Å². The number of benzene rings is 1. The van der Waals surface area contributed by atoms with E-state index in [1.165, 1.54) is 12.1 Å². The molecular formula is C15H17NO5. The second kappa shape index (κ2) is 6.41. The Kier molecular flexibility index (Phi) is 4.59. The average Bonchev–Trinajstić information content (AvgIpc) is 2.77. The molecule has 6 nitrogen and oxygen atoms in total. The van der Waals surface area contributed by atoms with Crippen LogP contribution in [-0.2, 0) is 9.53 Å². The Bertz CT molecular complexity index is 550. The van der Waals surface area contributed by atoms with E-state index in [2.05, 4.69) is 5.32 Å². The van der Waals surface area contributed by atoms with Crippen molar-refractivity contribution in [2.45, 2.75) is 31.6 Å². The van der Waals surface area contributed by atoms with Crippen molar-refractivity contribution in [3.63, 3.8) is 0 Å². The van der Waals surface area contributed by atoms with Gasteiger partial charge < -0.3 is 20.3 Å². The van der Waals surface area contributed by atoms with Crippen LogP contribution in [-0.4, -0.2) is 40.4 Å². The molecule has 1 fully saturated rings. The Hall–Kier alpha value is -2.34. The standard InChI is InChI=1S/C15H17NO5/c1-9(17)2-7-13-12(8-14(18)21-13)16-11-5-3-10(4-6-11)15(19)20/h2-7,9,12-13,16-17H,8H2,1H3,(H,19,20)/b7-2-/t9-,12-,13+/m1/s1. The number of carboxylic acid groups (broad SMARTS) is 1. The minimum absolute atomic E-state index is 0.199. The summed E-state index contributed by atoms with van der Waals surface area (Å²) in [6.07, 6.45) is 2.37. The van der Waals surface area contributed by atoms with Crippen LogP contribution in [0.2, 0.25) is 0 Å². The lowest BCUT2D eigenvalue weighted by Gasteiger charge is -2.17. The summed E-state index contributed by atoms with van der Waals surface area (Å²) in [6, 6.07) is 6.01. The van der Waals surface area contributed by atoms with Crippen LogP contribution in [0.5, 0.6) is 0 Å². The first-order valence-corrected chi connectivity index (χ1v) is 6.61. The smallest absolute Gasteiger partial charge is 0.335 e. The zero-order valence-electron chi connectivity index (χ0n) is 11.5. The van der Waals surface area contributed by atoms with Gasteiger partial charge in [-0.2, -0.15) is 0 Å². The number of carbonyl (C=O) groups is 2. The van der Waals surface area contributed by atoms with Crippen molar-refractivity contribution in [2.75, 3.05) is 5.32 Å². The summed E-state index contributed by atoms with van der Waals surface area (Å²) < 4.78 is 5.17. The lowest BCUT2D eigenvalue weighted by atomic mass is 10.1. The summed E-state index contributed by atoms with van der Waals surface area (Å²) in [7, 11) is 0. The number of aliphatic hydroxyl groups is 1. The molecule has 1 saturated heterocycles. The SMILES string of the molecule is C[C@@H](O)/C=C\[C@@H]1OC(=O)C[C@H]1Nc1ccc(C(=O)O)cc1. The Balaban J connectivity index is 2.05. The predicted octanol–water partition coefficient (Wildman–Crippen LogP) is 1.42. The van der Waals surface area contributed by atoms with Crippen LogP contribution in [0.1, 0.15) is 23.7 Å². The number of nitrogens with one attached hydrogen (secondary N) is 1. The summed E-state index contributed by atoms with van der Waals surface area (Å²) >= 11 is 0. The van der Waals surface area contributed by atoms with E-state index in [9.17, 15) is 14.7 Å². The third kappa shape index (κ3) is 4.06. The maximum atomic E-state index is 11.4. The van der Waals surface area contributed by atoms with E-state index < -0.39 is 18.2 Å². The van der Waals surface area contributed by atoms with Crippen molar-refractivity contribution in [3.8, 4) is 0 Å². The zero-order valence-corrected chi connectivity index (χ0v) is 11.5. The van der Waals surface area contributed by atoms with Crippen molar-refractivity contribution >= 4 is 17.6 Å². The van der Waals surface area contributed by atoms with Crippen LogP contribution in [0.25, 0.3) is 0 Å². The highest BCUT2D eigenvalue weighted by atomic mass is 16.6. The molecule has 0 aliphatic carbocycles. The van der Waals surface area contributed by atoms with Gasteiger partial charge in [0.1, 0.15) is 6.10 Å². The Morgan fingerprint density at radius 2 is 2.10 bits per heavy atom. The maximum absolute atomic E-state index is 11.4. The number of aliphatic hydroxyl groups excluding tert-OH is 1. The molecule has 21 heavy (non-hydrogen) atoms. The molecule has 0 spiro atoms. The number of esters is 1. The molecule has 0 unspecified atom stereocenters. The number of hydrogen-bond donors (Lipinski definition) is 3. The van der Waals surface area contributed by atoms with Gasteiger partial charge in [0.05, 0.1) is 24.1 Å². The van der Waals surface area contributed by atoms with Crippen LogP contribution in [0.3, 0.4) is 0 Å². The molecule has 0 bridgehead atoms. The molecule has 112 valence electrons. The average molecular weight is 291 g/mol. The predicted molar refractivity (Wildman–Crippen MR) is 76.1 cm³/mol. The quantitative estimate of drug-likeness (QED) is 0.561. The number of ether oxygens (including phenoxy) is 1. The molecule has 3 N–H and O–H groups in total. The number of aromatic carboxylic acids is 1. The normalized spacial score (nSPS) is 23.0. The van der Waals surface area contributed by atoms with Crippen LogP contribution >= 0.6 is 0 Å². The summed E-state index contributed by atoms with van der Waals surface area (Å²) in [6.45, 7) is 1.61. The highest BCUT2D eigenvalue weighted by molar-refractivity contribution is 5.88.